The minimum absolute atomic E-state index is 0.0941. The number of halogens is 1. The summed E-state index contributed by atoms with van der Waals surface area (Å²) in [7, 11) is 1.91. The molecule has 0 saturated carbocycles. The highest BCUT2D eigenvalue weighted by molar-refractivity contribution is 5.95. The van der Waals surface area contributed by atoms with Crippen LogP contribution < -0.4 is 0 Å². The van der Waals surface area contributed by atoms with Crippen LogP contribution in [0.1, 0.15) is 22.0 Å². The van der Waals surface area contributed by atoms with Crippen LogP contribution in [-0.2, 0) is 13.5 Å². The first kappa shape index (κ1) is 18.8. The predicted molar refractivity (Wildman–Crippen MR) is 110 cm³/mol. The molecule has 0 fully saturated rings. The number of aromatic amines is 1. The number of imidazole rings is 2. The number of benzene rings is 1. The Morgan fingerprint density at radius 2 is 1.94 bits per heavy atom. The maximum atomic E-state index is 13.4. The van der Waals surface area contributed by atoms with Gasteiger partial charge in [0.25, 0.3) is 0 Å². The molecule has 0 spiro atoms. The van der Waals surface area contributed by atoms with E-state index in [2.05, 4.69) is 30.5 Å². The summed E-state index contributed by atoms with van der Waals surface area (Å²) in [6.07, 6.45) is 3.20. The first-order valence-electron chi connectivity index (χ1n) is 9.53. The number of ketones is 1. The second-order valence-corrected chi connectivity index (χ2v) is 7.13. The van der Waals surface area contributed by atoms with Gasteiger partial charge in [-0.15, -0.1) is 0 Å². The predicted octanol–water partition coefficient (Wildman–Crippen LogP) is 2.79. The van der Waals surface area contributed by atoms with Crippen molar-refractivity contribution in [3.63, 3.8) is 0 Å². The van der Waals surface area contributed by atoms with E-state index in [0.717, 1.165) is 17.1 Å². The lowest BCUT2D eigenvalue weighted by molar-refractivity contribution is 0.0987. The summed E-state index contributed by atoms with van der Waals surface area (Å²) in [6, 6.07) is 9.91. The van der Waals surface area contributed by atoms with Gasteiger partial charge in [-0.05, 0) is 43.3 Å². The highest BCUT2D eigenvalue weighted by atomic mass is 19.1. The number of carbonyl (C=O) groups is 1. The number of aromatic nitrogens is 8. The number of Topliss-reactive ketones (excluding diaryl/α,β-unsaturated/α-hetero) is 1. The van der Waals surface area contributed by atoms with Crippen molar-refractivity contribution >= 4 is 11.4 Å². The number of aryl methyl sites for hydroxylation is 1. The summed E-state index contributed by atoms with van der Waals surface area (Å²) in [5, 5.41) is 14.6. The maximum absolute atomic E-state index is 13.4. The van der Waals surface area contributed by atoms with Crippen LogP contribution in [0, 0.1) is 12.7 Å². The Balaban J connectivity index is 1.54. The average Bonchev–Trinajstić information content (AvgIpc) is 3.48. The standard InChI is InChI=1S/C21H17FN8O/c1-12-24-20(13-3-5-14(22)6-4-13)21(29(12)2)16-7-8-19-25-15(11-30(19)27-16)9-18(31)17-10-23-28-26-17/h3-8,10-11H,9H2,1-2H3,(H,23,26,28). The van der Waals surface area contributed by atoms with Gasteiger partial charge >= 0.3 is 0 Å². The van der Waals surface area contributed by atoms with E-state index in [-0.39, 0.29) is 23.7 Å². The van der Waals surface area contributed by atoms with Crippen molar-refractivity contribution in [2.75, 3.05) is 0 Å². The van der Waals surface area contributed by atoms with Gasteiger partial charge in [0.1, 0.15) is 23.0 Å². The van der Waals surface area contributed by atoms with Crippen molar-refractivity contribution in [3.05, 3.63) is 71.8 Å². The molecule has 10 heteroatoms. The third kappa shape index (κ3) is 3.37. The number of nitrogens with zero attached hydrogens (tertiary/aromatic N) is 7. The maximum Gasteiger partial charge on any atom is 0.190 e. The first-order chi connectivity index (χ1) is 15.0. The van der Waals surface area contributed by atoms with Gasteiger partial charge in [-0.3, -0.25) is 4.79 Å². The number of nitrogens with one attached hydrogen (secondary N) is 1. The molecular weight excluding hydrogens is 399 g/mol. The Morgan fingerprint density at radius 3 is 2.68 bits per heavy atom. The third-order valence-electron chi connectivity index (χ3n) is 5.09. The second kappa shape index (κ2) is 7.24. The average molecular weight is 416 g/mol. The van der Waals surface area contributed by atoms with Crippen molar-refractivity contribution in [1.82, 2.24) is 39.6 Å². The molecule has 31 heavy (non-hydrogen) atoms. The molecule has 0 aliphatic rings. The molecule has 4 aromatic heterocycles. The van der Waals surface area contributed by atoms with E-state index in [0.29, 0.717) is 22.7 Å². The molecule has 0 aliphatic heterocycles. The van der Waals surface area contributed by atoms with Gasteiger partial charge in [-0.25, -0.2) is 18.9 Å². The molecule has 0 unspecified atom stereocenters. The van der Waals surface area contributed by atoms with Crippen molar-refractivity contribution in [2.24, 2.45) is 7.05 Å². The van der Waals surface area contributed by atoms with E-state index < -0.39 is 0 Å². The van der Waals surface area contributed by atoms with Gasteiger partial charge < -0.3 is 4.57 Å². The van der Waals surface area contributed by atoms with Gasteiger partial charge in [-0.1, -0.05) is 0 Å². The van der Waals surface area contributed by atoms with Gasteiger partial charge in [-0.2, -0.15) is 20.5 Å². The number of H-pyrrole nitrogens is 1. The largest absolute Gasteiger partial charge is 0.330 e. The quantitative estimate of drug-likeness (QED) is 0.442. The molecule has 0 aliphatic carbocycles. The van der Waals surface area contributed by atoms with Gasteiger partial charge in [0.2, 0.25) is 0 Å². The monoisotopic (exact) mass is 416 g/mol. The Hall–Kier alpha value is -4.21. The van der Waals surface area contributed by atoms with Gasteiger partial charge in [0.05, 0.1) is 35.9 Å². The minimum atomic E-state index is -0.302. The Morgan fingerprint density at radius 1 is 1.13 bits per heavy atom. The summed E-state index contributed by atoms with van der Waals surface area (Å²) in [5.74, 6) is 0.322. The number of fused-ring (bicyclic) bond motifs is 1. The van der Waals surface area contributed by atoms with Crippen LogP contribution in [0.5, 0.6) is 0 Å². The fourth-order valence-electron chi connectivity index (χ4n) is 3.45. The zero-order valence-corrected chi connectivity index (χ0v) is 16.7. The summed E-state index contributed by atoms with van der Waals surface area (Å²) >= 11 is 0. The number of hydrogen-bond donors (Lipinski definition) is 1. The molecule has 0 amide bonds. The van der Waals surface area contributed by atoms with E-state index in [9.17, 15) is 9.18 Å². The fraction of sp³-hybridized carbons (Fsp3) is 0.143. The van der Waals surface area contributed by atoms with E-state index in [1.54, 1.807) is 22.8 Å². The normalized spacial score (nSPS) is 11.3. The summed E-state index contributed by atoms with van der Waals surface area (Å²) < 4.78 is 17.0. The first-order valence-corrected chi connectivity index (χ1v) is 9.53. The van der Waals surface area contributed by atoms with Crippen molar-refractivity contribution in [2.45, 2.75) is 13.3 Å². The zero-order valence-electron chi connectivity index (χ0n) is 16.7. The van der Waals surface area contributed by atoms with Crippen molar-refractivity contribution in [1.29, 1.82) is 0 Å². The minimum Gasteiger partial charge on any atom is -0.330 e. The third-order valence-corrected chi connectivity index (χ3v) is 5.09. The summed E-state index contributed by atoms with van der Waals surface area (Å²) in [4.78, 5) is 21.4. The molecule has 1 N–H and O–H groups in total. The number of carbonyl (C=O) groups excluding carboxylic acids is 1. The smallest absolute Gasteiger partial charge is 0.190 e. The van der Waals surface area contributed by atoms with Crippen LogP contribution in [0.4, 0.5) is 4.39 Å². The number of hydrogen-bond acceptors (Lipinski definition) is 6. The van der Waals surface area contributed by atoms with E-state index in [1.165, 1.54) is 18.3 Å². The molecule has 154 valence electrons. The molecule has 0 bridgehead atoms. The van der Waals surface area contributed by atoms with Crippen LogP contribution in [0.15, 0.2) is 48.8 Å². The summed E-state index contributed by atoms with van der Waals surface area (Å²) in [6.45, 7) is 1.90. The topological polar surface area (TPSA) is 107 Å². The van der Waals surface area contributed by atoms with Gasteiger partial charge in [0.15, 0.2) is 11.4 Å². The lowest BCUT2D eigenvalue weighted by Crippen LogP contribution is -2.04. The van der Waals surface area contributed by atoms with Crippen LogP contribution >= 0.6 is 0 Å². The molecular formula is C21H17FN8O. The molecule has 1 aromatic carbocycles. The van der Waals surface area contributed by atoms with Gasteiger partial charge in [0, 0.05) is 12.6 Å². The SMILES string of the molecule is Cc1nc(-c2ccc(F)cc2)c(-c2ccc3nc(CC(=O)c4cn[nH]n4)cn3n2)n1C. The van der Waals surface area contributed by atoms with E-state index in [4.69, 9.17) is 0 Å². The van der Waals surface area contributed by atoms with Crippen LogP contribution in [0.25, 0.3) is 28.3 Å². The van der Waals surface area contributed by atoms with Crippen LogP contribution in [0.2, 0.25) is 0 Å². The molecule has 4 heterocycles. The summed E-state index contributed by atoms with van der Waals surface area (Å²) in [5.41, 5.74) is 4.47. The van der Waals surface area contributed by atoms with Crippen LogP contribution in [0.3, 0.4) is 0 Å². The molecule has 5 aromatic rings. The lowest BCUT2D eigenvalue weighted by atomic mass is 10.1. The van der Waals surface area contributed by atoms with E-state index >= 15 is 0 Å². The highest BCUT2D eigenvalue weighted by Crippen LogP contribution is 2.31. The molecule has 0 saturated heterocycles. The molecule has 9 nitrogen and oxygen atoms in total. The van der Waals surface area contributed by atoms with Crippen molar-refractivity contribution < 1.29 is 9.18 Å². The zero-order chi connectivity index (χ0) is 21.5. The fourth-order valence-corrected chi connectivity index (χ4v) is 3.45. The van der Waals surface area contributed by atoms with Crippen molar-refractivity contribution in [3.8, 4) is 22.6 Å². The molecule has 5 rings (SSSR count). The second-order valence-electron chi connectivity index (χ2n) is 7.13. The Bertz CT molecular complexity index is 1400. The van der Waals surface area contributed by atoms with Crippen LogP contribution in [-0.4, -0.2) is 45.3 Å². The number of rotatable bonds is 5. The molecule has 0 radical (unpaired) electrons. The highest BCUT2D eigenvalue weighted by Gasteiger charge is 2.19. The molecule has 0 atom stereocenters. The Labute approximate surface area is 175 Å². The lowest BCUT2D eigenvalue weighted by Gasteiger charge is -2.07. The van der Waals surface area contributed by atoms with E-state index in [1.807, 2.05) is 30.7 Å². The Kier molecular flexibility index (Phi) is 4.39.